The Balaban J connectivity index is 1.23. The molecule has 1 aliphatic rings. The van der Waals surface area contributed by atoms with Crippen LogP contribution in [-0.4, -0.2) is 38.5 Å². The Morgan fingerprint density at radius 3 is 2.14 bits per heavy atom. The third kappa shape index (κ3) is 8.25. The zero-order valence-electron chi connectivity index (χ0n) is 26.0. The molecule has 0 spiro atoms. The Morgan fingerprint density at radius 2 is 1.41 bits per heavy atom. The van der Waals surface area contributed by atoms with E-state index in [4.69, 9.17) is 18.9 Å². The van der Waals surface area contributed by atoms with Gasteiger partial charge in [0.25, 0.3) is 0 Å². The van der Waals surface area contributed by atoms with E-state index in [0.717, 1.165) is 29.7 Å². The minimum absolute atomic E-state index is 0.192. The molecule has 44 heavy (non-hydrogen) atoms. The first kappa shape index (κ1) is 31.2. The maximum absolute atomic E-state index is 12.2. The Morgan fingerprint density at radius 1 is 0.727 bits per heavy atom. The van der Waals surface area contributed by atoms with Crippen LogP contribution in [-0.2, 0) is 38.3 Å². The first-order valence-corrected chi connectivity index (χ1v) is 15.6. The van der Waals surface area contributed by atoms with E-state index in [2.05, 4.69) is 85.8 Å². The summed E-state index contributed by atoms with van der Waals surface area (Å²) in [7, 11) is 0. The monoisotopic (exact) mass is 590 g/mol. The molecule has 0 heterocycles. The fourth-order valence-corrected chi connectivity index (χ4v) is 5.61. The van der Waals surface area contributed by atoms with Crippen molar-refractivity contribution >= 4 is 18.1 Å². The molecule has 5 nitrogen and oxygen atoms in total. The lowest BCUT2D eigenvalue weighted by atomic mass is 9.93. The third-order valence-electron chi connectivity index (χ3n) is 7.84. The Labute approximate surface area is 261 Å². The van der Waals surface area contributed by atoms with Gasteiger partial charge in [0.05, 0.1) is 13.2 Å². The van der Waals surface area contributed by atoms with E-state index in [1.54, 1.807) is 6.92 Å². The molecule has 0 saturated carbocycles. The quantitative estimate of drug-likeness (QED) is 0.110. The van der Waals surface area contributed by atoms with Crippen LogP contribution in [0.25, 0.3) is 12.2 Å². The smallest absolute Gasteiger partial charge is 0.335 e. The molecule has 2 unspecified atom stereocenters. The van der Waals surface area contributed by atoms with Crippen molar-refractivity contribution in [2.75, 3.05) is 26.4 Å². The van der Waals surface area contributed by atoms with Crippen molar-refractivity contribution in [3.63, 3.8) is 0 Å². The summed E-state index contributed by atoms with van der Waals surface area (Å²) in [6.45, 7) is 7.43. The topological polar surface area (TPSA) is 54.0 Å². The average molecular weight is 591 g/mol. The summed E-state index contributed by atoms with van der Waals surface area (Å²) in [6, 6.07) is 31.7. The van der Waals surface area contributed by atoms with Gasteiger partial charge in [-0.25, -0.2) is 4.79 Å². The van der Waals surface area contributed by atoms with Gasteiger partial charge in [0.15, 0.2) is 6.10 Å². The molecule has 0 N–H and O–H groups in total. The van der Waals surface area contributed by atoms with Crippen molar-refractivity contribution in [1.29, 1.82) is 0 Å². The first-order valence-electron chi connectivity index (χ1n) is 15.6. The van der Waals surface area contributed by atoms with Crippen LogP contribution >= 0.6 is 0 Å². The molecule has 228 valence electrons. The second kappa shape index (κ2) is 15.5. The van der Waals surface area contributed by atoms with Gasteiger partial charge in [0.1, 0.15) is 18.5 Å². The fraction of sp³-hybridized carbons (Fsp3) is 0.308. The van der Waals surface area contributed by atoms with Gasteiger partial charge in [-0.2, -0.15) is 0 Å². The highest BCUT2D eigenvalue weighted by Crippen LogP contribution is 2.36. The van der Waals surface area contributed by atoms with Crippen LogP contribution in [0.1, 0.15) is 64.5 Å². The maximum atomic E-state index is 12.2. The molecule has 0 fully saturated rings. The third-order valence-corrected chi connectivity index (χ3v) is 7.84. The molecule has 0 bridgehead atoms. The molecule has 5 heteroatoms. The number of ether oxygens (including phenoxy) is 4. The van der Waals surface area contributed by atoms with Gasteiger partial charge in [0, 0.05) is 13.0 Å². The Hall–Kier alpha value is -4.19. The van der Waals surface area contributed by atoms with Crippen LogP contribution in [0.4, 0.5) is 0 Å². The summed E-state index contributed by atoms with van der Waals surface area (Å²) in [6.07, 6.45) is 6.09. The normalized spacial score (nSPS) is 14.3. The Kier molecular flexibility index (Phi) is 11.0. The highest BCUT2D eigenvalue weighted by Gasteiger charge is 2.23. The van der Waals surface area contributed by atoms with Crippen molar-refractivity contribution in [2.45, 2.75) is 52.2 Å². The second-order valence-corrected chi connectivity index (χ2v) is 11.1. The molecular formula is C39H42O5. The van der Waals surface area contributed by atoms with Gasteiger partial charge in [-0.3, -0.25) is 0 Å². The number of fused-ring (bicyclic) bond motifs is 2. The molecule has 0 aromatic heterocycles. The molecule has 4 aromatic rings. The molecule has 0 amide bonds. The number of benzene rings is 4. The van der Waals surface area contributed by atoms with Gasteiger partial charge >= 0.3 is 5.97 Å². The van der Waals surface area contributed by atoms with Gasteiger partial charge in [0.2, 0.25) is 0 Å². The summed E-state index contributed by atoms with van der Waals surface area (Å²) in [4.78, 5) is 12.2. The molecule has 4 aromatic carbocycles. The van der Waals surface area contributed by atoms with E-state index in [9.17, 15) is 4.79 Å². The summed E-state index contributed by atoms with van der Waals surface area (Å²) in [5.74, 6) is 0.422. The fourth-order valence-electron chi connectivity index (χ4n) is 5.61. The average Bonchev–Trinajstić information content (AvgIpc) is 3.19. The van der Waals surface area contributed by atoms with E-state index in [1.165, 1.54) is 33.4 Å². The number of rotatable bonds is 14. The predicted molar refractivity (Wildman–Crippen MR) is 176 cm³/mol. The van der Waals surface area contributed by atoms with E-state index in [0.29, 0.717) is 32.8 Å². The van der Waals surface area contributed by atoms with E-state index in [-0.39, 0.29) is 12.1 Å². The van der Waals surface area contributed by atoms with Crippen LogP contribution in [0.15, 0.2) is 91.0 Å². The van der Waals surface area contributed by atoms with E-state index in [1.807, 2.05) is 31.2 Å². The molecule has 0 saturated heterocycles. The zero-order valence-corrected chi connectivity index (χ0v) is 26.0. The number of hydrogen-bond acceptors (Lipinski definition) is 5. The first-order chi connectivity index (χ1) is 21.5. The predicted octanol–water partition coefficient (Wildman–Crippen LogP) is 7.96. The van der Waals surface area contributed by atoms with Crippen LogP contribution in [0, 0.1) is 6.92 Å². The number of carbonyl (C=O) groups excluding carboxylic acids is 1. The van der Waals surface area contributed by atoms with Gasteiger partial charge in [-0.15, -0.1) is 0 Å². The van der Waals surface area contributed by atoms with Crippen LogP contribution < -0.4 is 4.74 Å². The van der Waals surface area contributed by atoms with E-state index < -0.39 is 6.10 Å². The lowest BCUT2D eigenvalue weighted by molar-refractivity contribution is -0.156. The highest BCUT2D eigenvalue weighted by atomic mass is 16.6. The Bertz CT molecular complexity index is 1540. The van der Waals surface area contributed by atoms with Crippen molar-refractivity contribution < 1.29 is 23.7 Å². The van der Waals surface area contributed by atoms with Crippen LogP contribution in [0.5, 0.6) is 5.75 Å². The van der Waals surface area contributed by atoms with Crippen molar-refractivity contribution in [2.24, 2.45) is 0 Å². The molecule has 2 atom stereocenters. The van der Waals surface area contributed by atoms with Crippen molar-refractivity contribution in [3.8, 4) is 5.75 Å². The van der Waals surface area contributed by atoms with Crippen LogP contribution in [0.3, 0.4) is 0 Å². The number of hydrogen-bond donors (Lipinski definition) is 0. The largest absolute Gasteiger partial charge is 0.491 e. The number of esters is 1. The number of carbonyl (C=O) groups is 1. The van der Waals surface area contributed by atoms with E-state index >= 15 is 0 Å². The lowest BCUT2D eigenvalue weighted by Gasteiger charge is -2.22. The summed E-state index contributed by atoms with van der Waals surface area (Å²) >= 11 is 0. The van der Waals surface area contributed by atoms with Gasteiger partial charge in [-0.1, -0.05) is 96.6 Å². The molecule has 5 rings (SSSR count). The minimum atomic E-state index is -0.608. The van der Waals surface area contributed by atoms with Crippen LogP contribution in [0.2, 0.25) is 0 Å². The maximum Gasteiger partial charge on any atom is 0.335 e. The molecule has 0 radical (unpaired) electrons. The molecule has 1 aliphatic carbocycles. The highest BCUT2D eigenvalue weighted by molar-refractivity contribution is 5.77. The van der Waals surface area contributed by atoms with Gasteiger partial charge in [-0.05, 0) is 84.7 Å². The molecular weight excluding hydrogens is 548 g/mol. The van der Waals surface area contributed by atoms with Crippen molar-refractivity contribution in [3.05, 3.63) is 136 Å². The minimum Gasteiger partial charge on any atom is -0.491 e. The molecule has 0 aliphatic heterocycles. The van der Waals surface area contributed by atoms with Gasteiger partial charge < -0.3 is 18.9 Å². The summed E-state index contributed by atoms with van der Waals surface area (Å²) in [5.41, 5.74) is 9.59. The lowest BCUT2D eigenvalue weighted by Crippen LogP contribution is -2.28. The number of aryl methyl sites for hydroxylation is 3. The zero-order chi connectivity index (χ0) is 30.7. The van der Waals surface area contributed by atoms with Crippen molar-refractivity contribution in [1.82, 2.24) is 0 Å². The second-order valence-electron chi connectivity index (χ2n) is 11.1. The standard InChI is InChI=1S/C39H42O5/c1-4-41-37(39(40)42-5-2)27-31-14-19-34(20-15-31)43-23-24-44-38-35-21-11-28(3)25-32(35)17-18-33-26-30(16-22-36(33)38)13-12-29-9-7-6-8-10-29/h6-11,14-22,25-26,37-38H,4-5,12-13,23-24,27H2,1-3H3. The summed E-state index contributed by atoms with van der Waals surface area (Å²) < 4.78 is 23.4. The summed E-state index contributed by atoms with van der Waals surface area (Å²) in [5, 5.41) is 0. The SMILES string of the molecule is CCOC(=O)C(Cc1ccc(OCCOC2c3ccc(C)cc3C=Cc3cc(CCc4ccccc4)ccc32)cc1)OCC.